The van der Waals surface area contributed by atoms with Crippen molar-refractivity contribution < 1.29 is 90.5 Å². The molecule has 0 aromatic carbocycles. The average molecular weight is 693 g/mol. The zero-order valence-corrected chi connectivity index (χ0v) is 27.9. The van der Waals surface area contributed by atoms with E-state index in [-0.39, 0.29) is 0 Å². The summed E-state index contributed by atoms with van der Waals surface area (Å²) < 4.78 is 54.0. The second-order valence-electron chi connectivity index (χ2n) is 10.3. The van der Waals surface area contributed by atoms with Gasteiger partial charge in [0.25, 0.3) is 0 Å². The van der Waals surface area contributed by atoms with E-state index in [0.717, 1.165) is 62.3 Å². The van der Waals surface area contributed by atoms with E-state index >= 15 is 0 Å². The van der Waals surface area contributed by atoms with Crippen LogP contribution in [0.1, 0.15) is 62.3 Å². The van der Waals surface area contributed by atoms with Crippen LogP contribution in [0, 0.1) is 0 Å². The Morgan fingerprint density at radius 3 is 1.35 bits per heavy atom. The molecule has 0 unspecified atom stereocenters. The molecule has 1 aliphatic rings. The van der Waals surface area contributed by atoms with Crippen LogP contribution in [0.2, 0.25) is 0 Å². The second kappa shape index (κ2) is 19.1. The van der Waals surface area contributed by atoms with Gasteiger partial charge in [0.2, 0.25) is 0 Å². The van der Waals surface area contributed by atoms with Crippen LogP contribution in [0.25, 0.3) is 0 Å². The second-order valence-corrected chi connectivity index (χ2v) is 10.3. The lowest BCUT2D eigenvalue weighted by Gasteiger charge is -2.47. The molecule has 0 amide bonds. The molecular formula is C29H40O19. The first-order chi connectivity index (χ1) is 22.2. The minimum absolute atomic E-state index is 0.671. The van der Waals surface area contributed by atoms with Gasteiger partial charge in [0.05, 0.1) is 0 Å². The Labute approximate surface area is 275 Å². The molecule has 0 aromatic rings. The summed E-state index contributed by atoms with van der Waals surface area (Å²) in [5.74, 6) is -8.74. The van der Waals surface area contributed by atoms with Gasteiger partial charge in [0, 0.05) is 62.3 Å². The van der Waals surface area contributed by atoms with Crippen LogP contribution in [0.15, 0.2) is 0 Å². The summed E-state index contributed by atoms with van der Waals surface area (Å²) in [6.45, 7) is 7.30. The highest BCUT2D eigenvalue weighted by Gasteiger charge is 2.58. The Balaban J connectivity index is 4.13. The Bertz CT molecular complexity index is 1230. The smallest absolute Gasteiger partial charge is 0.303 e. The first-order valence-corrected chi connectivity index (χ1v) is 14.4. The maximum absolute atomic E-state index is 12.6. The summed E-state index contributed by atoms with van der Waals surface area (Å²) in [5.41, 5.74) is 0. The summed E-state index contributed by atoms with van der Waals surface area (Å²) in [5, 5.41) is 0. The maximum Gasteiger partial charge on any atom is 0.303 e. The Kier molecular flexibility index (Phi) is 16.4. The summed E-state index contributed by atoms with van der Waals surface area (Å²) in [7, 11) is 0. The number of hydrogen-bond acceptors (Lipinski definition) is 19. The lowest BCUT2D eigenvalue weighted by atomic mass is 9.87. The quantitative estimate of drug-likeness (QED) is 0.154. The Morgan fingerprint density at radius 1 is 0.479 bits per heavy atom. The predicted molar refractivity (Wildman–Crippen MR) is 151 cm³/mol. The van der Waals surface area contributed by atoms with E-state index < -0.39 is 122 Å². The highest BCUT2D eigenvalue weighted by atomic mass is 16.7. The summed E-state index contributed by atoms with van der Waals surface area (Å²) in [4.78, 5) is 110. The molecule has 0 aliphatic carbocycles. The van der Waals surface area contributed by atoms with Gasteiger partial charge in [0.1, 0.15) is 25.4 Å². The monoisotopic (exact) mass is 692 g/mol. The molecule has 0 radical (unpaired) electrons. The van der Waals surface area contributed by atoms with Gasteiger partial charge in [0.15, 0.2) is 42.7 Å². The third-order valence-electron chi connectivity index (χ3n) is 6.04. The van der Waals surface area contributed by atoms with Crippen LogP contribution < -0.4 is 0 Å². The lowest BCUT2D eigenvalue weighted by Crippen LogP contribution is -2.68. The Hall–Kier alpha value is -4.81. The molecule has 19 heteroatoms. The molecule has 1 rings (SSSR count). The standard InChI is InChI=1S/C29H40O19/c1-12(30)39-10-21(41-14(3)32)23(42-15(4)33)25(44-17(6)35)27(46-19(8)37)29-28(47-20(9)38)26(45-18(7)36)24(43-16(5)34)22(48-29)11-40-13(2)31/h21-29H,10-11H2,1-9H3/t21-,22+,23+,24+,25+,26-,27+,28+,29-/m0/s1. The van der Waals surface area contributed by atoms with E-state index in [9.17, 15) is 43.2 Å². The van der Waals surface area contributed by atoms with Crippen LogP contribution in [-0.2, 0) is 90.5 Å². The van der Waals surface area contributed by atoms with Crippen molar-refractivity contribution in [2.24, 2.45) is 0 Å². The van der Waals surface area contributed by atoms with Gasteiger partial charge in [-0.1, -0.05) is 0 Å². The minimum atomic E-state index is -2.02. The van der Waals surface area contributed by atoms with Gasteiger partial charge in [-0.25, -0.2) is 0 Å². The van der Waals surface area contributed by atoms with Crippen LogP contribution in [0.3, 0.4) is 0 Å². The van der Waals surface area contributed by atoms with Crippen molar-refractivity contribution >= 4 is 53.7 Å². The van der Waals surface area contributed by atoms with E-state index in [1.807, 2.05) is 0 Å². The summed E-state index contributed by atoms with van der Waals surface area (Å²) in [6.07, 6.45) is -16.3. The van der Waals surface area contributed by atoms with Crippen LogP contribution in [0.5, 0.6) is 0 Å². The largest absolute Gasteiger partial charge is 0.463 e. The fourth-order valence-electron chi connectivity index (χ4n) is 4.71. The van der Waals surface area contributed by atoms with E-state index in [0.29, 0.717) is 0 Å². The van der Waals surface area contributed by atoms with Gasteiger partial charge in [-0.3, -0.25) is 43.2 Å². The van der Waals surface area contributed by atoms with E-state index in [4.69, 9.17) is 47.4 Å². The highest BCUT2D eigenvalue weighted by molar-refractivity contribution is 5.70. The van der Waals surface area contributed by atoms with Crippen molar-refractivity contribution in [1.29, 1.82) is 0 Å². The summed E-state index contributed by atoms with van der Waals surface area (Å²) in [6, 6.07) is 0. The molecular weight excluding hydrogens is 652 g/mol. The molecule has 48 heavy (non-hydrogen) atoms. The zero-order valence-electron chi connectivity index (χ0n) is 27.9. The minimum Gasteiger partial charge on any atom is -0.463 e. The predicted octanol–water partition coefficient (Wildman–Crippen LogP) is -0.598. The molecule has 1 saturated heterocycles. The van der Waals surface area contributed by atoms with Gasteiger partial charge >= 0.3 is 53.7 Å². The molecule has 1 fully saturated rings. The highest BCUT2D eigenvalue weighted by Crippen LogP contribution is 2.35. The molecule has 1 heterocycles. The first kappa shape index (κ1) is 41.2. The van der Waals surface area contributed by atoms with Gasteiger partial charge < -0.3 is 47.4 Å². The number of rotatable bonds is 15. The fraction of sp³-hybridized carbons (Fsp3) is 0.690. The third kappa shape index (κ3) is 13.9. The van der Waals surface area contributed by atoms with E-state index in [1.54, 1.807) is 0 Å². The van der Waals surface area contributed by atoms with Crippen LogP contribution in [-0.4, -0.2) is 122 Å². The number of hydrogen-bond donors (Lipinski definition) is 0. The molecule has 270 valence electrons. The molecule has 0 saturated carbocycles. The molecule has 0 bridgehead atoms. The van der Waals surface area contributed by atoms with Crippen molar-refractivity contribution in [1.82, 2.24) is 0 Å². The van der Waals surface area contributed by atoms with Gasteiger partial charge in [-0.15, -0.1) is 0 Å². The van der Waals surface area contributed by atoms with E-state index in [1.165, 1.54) is 0 Å². The normalized spacial score (nSPS) is 22.6. The topological polar surface area (TPSA) is 246 Å². The van der Waals surface area contributed by atoms with Crippen LogP contribution >= 0.6 is 0 Å². The first-order valence-electron chi connectivity index (χ1n) is 14.4. The molecule has 1 aliphatic heterocycles. The van der Waals surface area contributed by atoms with Gasteiger partial charge in [-0.2, -0.15) is 0 Å². The van der Waals surface area contributed by atoms with Crippen molar-refractivity contribution in [3.63, 3.8) is 0 Å². The number of carbonyl (C=O) groups is 9. The number of esters is 9. The van der Waals surface area contributed by atoms with Crippen molar-refractivity contribution in [3.05, 3.63) is 0 Å². The average Bonchev–Trinajstić information content (AvgIpc) is 2.91. The van der Waals surface area contributed by atoms with Crippen molar-refractivity contribution in [3.8, 4) is 0 Å². The van der Waals surface area contributed by atoms with E-state index in [2.05, 4.69) is 0 Å². The molecule has 19 nitrogen and oxygen atoms in total. The maximum atomic E-state index is 12.6. The summed E-state index contributed by atoms with van der Waals surface area (Å²) >= 11 is 0. The zero-order chi connectivity index (χ0) is 36.9. The van der Waals surface area contributed by atoms with Crippen molar-refractivity contribution in [2.45, 2.75) is 117 Å². The molecule has 0 N–H and O–H groups in total. The molecule has 9 atom stereocenters. The number of carbonyl (C=O) groups excluding carboxylic acids is 9. The third-order valence-corrected chi connectivity index (χ3v) is 6.04. The van der Waals surface area contributed by atoms with Crippen molar-refractivity contribution in [2.75, 3.05) is 13.2 Å². The Morgan fingerprint density at radius 2 is 0.917 bits per heavy atom. The van der Waals surface area contributed by atoms with Gasteiger partial charge in [-0.05, 0) is 0 Å². The fourth-order valence-corrected chi connectivity index (χ4v) is 4.71. The van der Waals surface area contributed by atoms with Crippen LogP contribution in [0.4, 0.5) is 0 Å². The molecule has 0 spiro atoms. The lowest BCUT2D eigenvalue weighted by molar-refractivity contribution is -0.280. The number of ether oxygens (including phenoxy) is 10. The SMILES string of the molecule is CC(=O)OC[C@H](OC(C)=O)[C@@H](OC(C)=O)[C@@H](OC(C)=O)[C@@H](OC(C)=O)[C@@H]1O[C@H](COC(C)=O)[C@@H](OC(C)=O)[C@H](OC(C)=O)[C@H]1OC(C)=O. The molecule has 0 aromatic heterocycles.